The lowest BCUT2D eigenvalue weighted by atomic mass is 9.52. The zero-order chi connectivity index (χ0) is 92.8. The van der Waals surface area contributed by atoms with E-state index in [1.807, 2.05) is 132 Å². The summed E-state index contributed by atoms with van der Waals surface area (Å²) in [6.07, 6.45) is 29.1. The van der Waals surface area contributed by atoms with Gasteiger partial charge in [0.1, 0.15) is 35.1 Å². The predicted molar refractivity (Wildman–Crippen MR) is 464 cm³/mol. The summed E-state index contributed by atoms with van der Waals surface area (Å²) in [7, 11) is 0. The van der Waals surface area contributed by atoms with Gasteiger partial charge < -0.3 is 56.8 Å². The van der Waals surface area contributed by atoms with E-state index in [0.29, 0.717) is 132 Å². The molecule has 12 aliphatic carbocycles. The van der Waals surface area contributed by atoms with Crippen molar-refractivity contribution in [2.45, 2.75) is 455 Å². The molecule has 0 radical (unpaired) electrons. The number of esters is 12. The summed E-state index contributed by atoms with van der Waals surface area (Å²) >= 11 is 0. The molecule has 24 nitrogen and oxygen atoms in total. The average molecular weight is 1770 g/mol. The fourth-order valence-electron chi connectivity index (χ4n) is 27.2. The van der Waals surface area contributed by atoms with Crippen LogP contribution in [0.5, 0.6) is 0 Å². The summed E-state index contributed by atoms with van der Waals surface area (Å²) in [6, 6.07) is 0. The lowest BCUT2D eigenvalue weighted by Gasteiger charge is -2.54. The van der Waals surface area contributed by atoms with Gasteiger partial charge in [-0.2, -0.15) is 0 Å². The van der Waals surface area contributed by atoms with Crippen LogP contribution in [0, 0.1) is 113 Å². The lowest BCUT2D eigenvalue weighted by molar-refractivity contribution is -0.260. The second-order valence-electron chi connectivity index (χ2n) is 50.1. The Labute approximate surface area is 750 Å². The van der Waals surface area contributed by atoms with E-state index in [4.69, 9.17) is 56.8 Å². The molecule has 12 aliphatic heterocycles. The molecule has 24 fully saturated rings. The number of hydrogen-bond acceptors (Lipinski definition) is 24. The van der Waals surface area contributed by atoms with Crippen molar-refractivity contribution >= 4 is 71.6 Å². The summed E-state index contributed by atoms with van der Waals surface area (Å²) < 4.78 is 69.4. The second kappa shape index (κ2) is 33.4. The van der Waals surface area contributed by atoms with Gasteiger partial charge >= 0.3 is 71.6 Å². The first-order valence-corrected chi connectivity index (χ1v) is 48.8. The molecule has 16 unspecified atom stereocenters. The van der Waals surface area contributed by atoms with Crippen LogP contribution in [0.25, 0.3) is 0 Å². The van der Waals surface area contributed by atoms with Crippen LogP contribution in [0.15, 0.2) is 0 Å². The van der Waals surface area contributed by atoms with Crippen LogP contribution in [0.3, 0.4) is 0 Å². The molecular weight excluding hydrogens is 1610 g/mol. The molecule has 126 heavy (non-hydrogen) atoms. The number of rotatable bonds is 18. The van der Waals surface area contributed by atoms with Crippen molar-refractivity contribution in [1.82, 2.24) is 0 Å². The Morgan fingerprint density at radius 1 is 0.278 bits per heavy atom. The molecule has 12 saturated carbocycles. The fourth-order valence-corrected chi connectivity index (χ4v) is 27.2. The number of ether oxygens (including phenoxy) is 12. The highest BCUT2D eigenvalue weighted by molar-refractivity contribution is 5.88. The normalized spacial score (nSPS) is 41.6. The third-order valence-corrected chi connectivity index (χ3v) is 34.5. The number of fused-ring (bicyclic) bond motifs is 6. The maximum atomic E-state index is 12.7. The Bertz CT molecular complexity index is 4180. The first kappa shape index (κ1) is 97.2. The highest BCUT2D eigenvalue weighted by atomic mass is 16.7. The third kappa shape index (κ3) is 19.9. The smallest absolute Gasteiger partial charge is 0.350 e. The Kier molecular flexibility index (Phi) is 25.8. The monoisotopic (exact) mass is 1770 g/mol. The first-order chi connectivity index (χ1) is 58.0. The van der Waals surface area contributed by atoms with Gasteiger partial charge in [-0.15, -0.1) is 0 Å². The Morgan fingerprint density at radius 2 is 0.627 bits per heavy atom. The van der Waals surface area contributed by atoms with Crippen molar-refractivity contribution < 1.29 is 114 Å². The largest absolute Gasteiger partial charge is 0.462 e. The van der Waals surface area contributed by atoms with Gasteiger partial charge in [0, 0.05) is 77.0 Å². The molecule has 24 rings (SSSR count). The van der Waals surface area contributed by atoms with Gasteiger partial charge in [-0.1, -0.05) is 76.2 Å². The molecular formula is C102H156O24. The van der Waals surface area contributed by atoms with Gasteiger partial charge in [0.25, 0.3) is 11.6 Å². The van der Waals surface area contributed by atoms with Crippen LogP contribution in [0.2, 0.25) is 0 Å². The Hall–Kier alpha value is -6.36. The molecule has 24 bridgehead atoms. The number of carbonyl (C=O) groups is 12. The first-order valence-electron chi connectivity index (χ1n) is 48.8. The molecule has 12 heterocycles. The minimum absolute atomic E-state index is 0.0153. The number of hydrogen-bond donors (Lipinski definition) is 0. The highest BCUT2D eigenvalue weighted by Crippen LogP contribution is 2.67. The molecule has 708 valence electrons. The van der Waals surface area contributed by atoms with Crippen molar-refractivity contribution in [1.29, 1.82) is 0 Å². The SMILES string of the molecule is CCC(C)(C)C(=O)OC12CC3(C)CC(CC(C)(C3)C1)C(=O)O2.CCC(C)(C)C(=O)OC12CC3(C)CC(CC(C)(C3)C1)OC2=O.CCC(C)(C)C(=O)OC12CC3CC(C)(CC(C)(C1)OC3=O)C2.CCC(C)(C)C(=O)OC12CC3CC(C1)OC(=O)C(C3)C2.CCC(C)(C)C(=O)OC12CC3CC(CC(C3)C(=O)O1)C2.CCC(C)(C)C(=O)OC12CC3CC(CC(C3)OC1=O)C2. The molecule has 0 aromatic rings. The van der Waals surface area contributed by atoms with E-state index in [1.165, 1.54) is 0 Å². The zero-order valence-electron chi connectivity index (χ0n) is 81.2. The summed E-state index contributed by atoms with van der Waals surface area (Å²) in [5.41, 5.74) is -6.54. The molecule has 12 saturated heterocycles. The molecule has 24 heteroatoms. The zero-order valence-corrected chi connectivity index (χ0v) is 81.2. The van der Waals surface area contributed by atoms with Gasteiger partial charge in [0.2, 0.25) is 11.2 Å². The molecule has 24 aliphatic rings. The summed E-state index contributed by atoms with van der Waals surface area (Å²) in [6.45, 7) is 47.7. The summed E-state index contributed by atoms with van der Waals surface area (Å²) in [5, 5.41) is 0. The van der Waals surface area contributed by atoms with Crippen LogP contribution >= 0.6 is 0 Å². The lowest BCUT2D eigenvalue weighted by Crippen LogP contribution is -2.56. The van der Waals surface area contributed by atoms with Crippen molar-refractivity contribution in [3.63, 3.8) is 0 Å². The van der Waals surface area contributed by atoms with Crippen LogP contribution in [0.1, 0.15) is 397 Å². The van der Waals surface area contributed by atoms with E-state index in [0.717, 1.165) is 128 Å². The van der Waals surface area contributed by atoms with E-state index in [1.54, 1.807) is 0 Å². The van der Waals surface area contributed by atoms with Crippen molar-refractivity contribution in [3.05, 3.63) is 0 Å². The molecule has 0 spiro atoms. The highest BCUT2D eigenvalue weighted by Gasteiger charge is 2.69. The quantitative estimate of drug-likeness (QED) is 0.0909. The Morgan fingerprint density at radius 3 is 1.11 bits per heavy atom. The fraction of sp³-hybridized carbons (Fsp3) is 0.882. The second-order valence-corrected chi connectivity index (χ2v) is 50.1. The van der Waals surface area contributed by atoms with Crippen LogP contribution in [-0.4, -0.2) is 130 Å². The van der Waals surface area contributed by atoms with Gasteiger partial charge in [-0.05, 0) is 301 Å². The molecule has 16 atom stereocenters. The topological polar surface area (TPSA) is 316 Å². The third-order valence-electron chi connectivity index (χ3n) is 34.5. The van der Waals surface area contributed by atoms with Gasteiger partial charge in [0.05, 0.1) is 56.2 Å². The van der Waals surface area contributed by atoms with Gasteiger partial charge in [0.15, 0.2) is 0 Å². The van der Waals surface area contributed by atoms with E-state index >= 15 is 0 Å². The maximum absolute atomic E-state index is 12.7. The van der Waals surface area contributed by atoms with E-state index in [2.05, 4.69) is 34.6 Å². The summed E-state index contributed by atoms with van der Waals surface area (Å²) in [4.78, 5) is 149. The van der Waals surface area contributed by atoms with E-state index in [9.17, 15) is 57.5 Å². The minimum atomic E-state index is -1.07. The molecule has 0 aromatic heterocycles. The van der Waals surface area contributed by atoms with E-state index in [-0.39, 0.29) is 141 Å². The van der Waals surface area contributed by atoms with Crippen LogP contribution in [0.4, 0.5) is 0 Å². The molecule has 0 aromatic carbocycles. The van der Waals surface area contributed by atoms with Crippen molar-refractivity contribution in [2.75, 3.05) is 0 Å². The van der Waals surface area contributed by atoms with Crippen molar-refractivity contribution in [2.24, 2.45) is 113 Å². The van der Waals surface area contributed by atoms with Crippen LogP contribution < -0.4 is 0 Å². The van der Waals surface area contributed by atoms with Crippen LogP contribution in [-0.2, 0) is 114 Å². The van der Waals surface area contributed by atoms with Crippen molar-refractivity contribution in [3.8, 4) is 0 Å². The summed E-state index contributed by atoms with van der Waals surface area (Å²) in [5.74, 6) is -2.31. The van der Waals surface area contributed by atoms with Gasteiger partial charge in [-0.25, -0.2) is 9.59 Å². The number of carbonyl (C=O) groups excluding carboxylic acids is 12. The molecule has 0 N–H and O–H groups in total. The minimum Gasteiger partial charge on any atom is -0.462 e. The Balaban J connectivity index is 0.000000130. The van der Waals surface area contributed by atoms with Gasteiger partial charge in [-0.3, -0.25) is 47.9 Å². The predicted octanol–water partition coefficient (Wildman–Crippen LogP) is 19.8. The molecule has 0 amide bonds. The van der Waals surface area contributed by atoms with E-state index < -0.39 is 72.1 Å². The average Bonchev–Trinajstić information content (AvgIpc) is 1.53. The standard InChI is InChI=1S/3C18H28O4.3C16H24O4/c1-6-15(2,3)13(19)22-18-10-16(4)7-12(21-14(18)20)8-17(5,9-16)11-18;1-6-15(2,3)14(20)22-18-8-12-7-16(4,10-18)9-17(5,11-18)21-13(12)19;1-6-15(2,3)14(20)22-18-10-16(4)7-12(13(19)21-18)8-17(5,9-16)11-18;1-4-15(2,3)13(17)20-16-8-10-5-11(9-16)7-12(6-10)19-14(16)18;1-4-15(2,3)14(18)20-16-8-10-5-11(9-16)7-12(6-10)13(17)19-16;1-4-15(2,3)14(18)20-16-7-10-5-11(8-16)13(17)19-12(6-10)9-16/h3*12H,6-11H2,1-5H3;3*10-12H,4-9H2,1-3H3. The maximum Gasteiger partial charge on any atom is 0.350 e.